The first-order valence-corrected chi connectivity index (χ1v) is 5.46. The summed E-state index contributed by atoms with van der Waals surface area (Å²) in [6, 6.07) is 0. The molecular weight excluding hydrogens is 146 g/mol. The van der Waals surface area contributed by atoms with Crippen molar-refractivity contribution in [2.75, 3.05) is 19.6 Å². The zero-order valence-electron chi connectivity index (χ0n) is 8.42. The normalized spacial score (nSPS) is 36.2. The highest BCUT2D eigenvalue weighted by Crippen LogP contribution is 2.36. The molecule has 1 aliphatic carbocycles. The molecule has 0 aromatic rings. The van der Waals surface area contributed by atoms with Crippen molar-refractivity contribution in [1.82, 2.24) is 4.90 Å². The Morgan fingerprint density at radius 3 is 2.25 bits per heavy atom. The van der Waals surface area contributed by atoms with Gasteiger partial charge in [-0.25, -0.2) is 0 Å². The number of nitrogens with zero attached hydrogens (tertiary/aromatic N) is 1. The molecule has 0 amide bonds. The summed E-state index contributed by atoms with van der Waals surface area (Å²) in [7, 11) is 0. The molecule has 0 spiro atoms. The quantitative estimate of drug-likeness (QED) is 0.610. The summed E-state index contributed by atoms with van der Waals surface area (Å²) in [5.74, 6) is 2.97. The van der Waals surface area contributed by atoms with Gasteiger partial charge in [0.2, 0.25) is 0 Å². The summed E-state index contributed by atoms with van der Waals surface area (Å²) in [4.78, 5) is 2.69. The van der Waals surface area contributed by atoms with Gasteiger partial charge in [0.25, 0.3) is 0 Å². The van der Waals surface area contributed by atoms with Gasteiger partial charge in [0.05, 0.1) is 0 Å². The van der Waals surface area contributed by atoms with Crippen LogP contribution in [0, 0.1) is 17.8 Å². The summed E-state index contributed by atoms with van der Waals surface area (Å²) < 4.78 is 0. The molecule has 2 atom stereocenters. The molecule has 2 aliphatic rings. The van der Waals surface area contributed by atoms with Crippen molar-refractivity contribution in [3.05, 3.63) is 0 Å². The summed E-state index contributed by atoms with van der Waals surface area (Å²) in [5, 5.41) is 0. The fraction of sp³-hybridized carbons (Fsp3) is 1.00. The highest BCUT2D eigenvalue weighted by Gasteiger charge is 2.32. The minimum atomic E-state index is 0.850. The van der Waals surface area contributed by atoms with E-state index >= 15 is 0 Å². The lowest BCUT2D eigenvalue weighted by Gasteiger charge is -2.32. The molecule has 0 N–H and O–H groups in total. The first-order chi connectivity index (χ1) is 5.74. The second-order valence-electron chi connectivity index (χ2n) is 5.16. The lowest BCUT2D eigenvalue weighted by Crippen LogP contribution is -2.38. The lowest BCUT2D eigenvalue weighted by molar-refractivity contribution is 0.152. The van der Waals surface area contributed by atoms with Gasteiger partial charge >= 0.3 is 0 Å². The highest BCUT2D eigenvalue weighted by atomic mass is 15.1. The predicted molar refractivity (Wildman–Crippen MR) is 52.1 cm³/mol. The fourth-order valence-corrected chi connectivity index (χ4v) is 2.98. The molecule has 2 bridgehead atoms. The van der Waals surface area contributed by atoms with Gasteiger partial charge in [0.15, 0.2) is 0 Å². The SMILES string of the molecule is CC(C)CN1CC2CCC(C2)C1. The van der Waals surface area contributed by atoms with Gasteiger partial charge in [0, 0.05) is 19.6 Å². The maximum atomic E-state index is 2.69. The molecule has 0 aromatic heterocycles. The molecule has 1 nitrogen and oxygen atoms in total. The van der Waals surface area contributed by atoms with E-state index in [9.17, 15) is 0 Å². The molecule has 1 saturated carbocycles. The molecule has 0 aromatic carbocycles. The van der Waals surface area contributed by atoms with E-state index in [0.29, 0.717) is 0 Å². The van der Waals surface area contributed by atoms with Crippen LogP contribution in [0.3, 0.4) is 0 Å². The molecule has 1 heteroatoms. The van der Waals surface area contributed by atoms with E-state index in [1.54, 1.807) is 0 Å². The topological polar surface area (TPSA) is 3.24 Å². The van der Waals surface area contributed by atoms with E-state index in [1.807, 2.05) is 0 Å². The maximum absolute atomic E-state index is 2.69. The average molecular weight is 167 g/mol. The summed E-state index contributed by atoms with van der Waals surface area (Å²) in [6.07, 6.45) is 4.56. The third kappa shape index (κ3) is 1.82. The minimum absolute atomic E-state index is 0.850. The summed E-state index contributed by atoms with van der Waals surface area (Å²) in [5.41, 5.74) is 0. The van der Waals surface area contributed by atoms with Crippen molar-refractivity contribution < 1.29 is 0 Å². The Morgan fingerprint density at radius 2 is 1.75 bits per heavy atom. The van der Waals surface area contributed by atoms with Crippen molar-refractivity contribution in [3.8, 4) is 0 Å². The Hall–Kier alpha value is -0.0400. The molecule has 12 heavy (non-hydrogen) atoms. The zero-order chi connectivity index (χ0) is 8.55. The van der Waals surface area contributed by atoms with Crippen LogP contribution >= 0.6 is 0 Å². The second-order valence-corrected chi connectivity index (χ2v) is 5.16. The minimum Gasteiger partial charge on any atom is -0.303 e. The number of hydrogen-bond donors (Lipinski definition) is 0. The van der Waals surface area contributed by atoms with Gasteiger partial charge in [-0.2, -0.15) is 0 Å². The second kappa shape index (κ2) is 3.37. The lowest BCUT2D eigenvalue weighted by atomic mass is 9.98. The Balaban J connectivity index is 1.85. The fourth-order valence-electron chi connectivity index (χ4n) is 2.98. The summed E-state index contributed by atoms with van der Waals surface area (Å²) in [6.45, 7) is 8.78. The number of rotatable bonds is 2. The highest BCUT2D eigenvalue weighted by molar-refractivity contribution is 4.85. The van der Waals surface area contributed by atoms with Crippen LogP contribution in [0.2, 0.25) is 0 Å². The Morgan fingerprint density at radius 1 is 1.17 bits per heavy atom. The molecule has 1 heterocycles. The average Bonchev–Trinajstić information content (AvgIpc) is 2.29. The van der Waals surface area contributed by atoms with Gasteiger partial charge in [0.1, 0.15) is 0 Å². The van der Waals surface area contributed by atoms with Gasteiger partial charge in [-0.1, -0.05) is 13.8 Å². The number of piperidine rings is 1. The standard InChI is InChI=1S/C11H21N/c1-9(2)6-12-7-10-3-4-11(5-10)8-12/h9-11H,3-8H2,1-2H3. The number of hydrogen-bond acceptors (Lipinski definition) is 1. The van der Waals surface area contributed by atoms with Crippen molar-refractivity contribution in [2.45, 2.75) is 33.1 Å². The molecule has 2 unspecified atom stereocenters. The molecule has 1 aliphatic heterocycles. The molecule has 2 fully saturated rings. The molecule has 0 radical (unpaired) electrons. The van der Waals surface area contributed by atoms with Crippen molar-refractivity contribution >= 4 is 0 Å². The van der Waals surface area contributed by atoms with Crippen LogP contribution in [0.4, 0.5) is 0 Å². The smallest absolute Gasteiger partial charge is 0.001000 e. The Bertz CT molecular complexity index is 141. The predicted octanol–water partition coefficient (Wildman–Crippen LogP) is 2.37. The largest absolute Gasteiger partial charge is 0.303 e. The van der Waals surface area contributed by atoms with Crippen LogP contribution in [0.15, 0.2) is 0 Å². The van der Waals surface area contributed by atoms with E-state index in [1.165, 1.54) is 38.9 Å². The molecular formula is C11H21N. The van der Waals surface area contributed by atoms with Gasteiger partial charge in [-0.3, -0.25) is 0 Å². The van der Waals surface area contributed by atoms with Crippen LogP contribution in [0.1, 0.15) is 33.1 Å². The van der Waals surface area contributed by atoms with E-state index in [2.05, 4.69) is 18.7 Å². The zero-order valence-corrected chi connectivity index (χ0v) is 8.42. The van der Waals surface area contributed by atoms with Gasteiger partial charge < -0.3 is 4.90 Å². The monoisotopic (exact) mass is 167 g/mol. The van der Waals surface area contributed by atoms with E-state index in [-0.39, 0.29) is 0 Å². The van der Waals surface area contributed by atoms with Gasteiger partial charge in [-0.05, 0) is 37.0 Å². The van der Waals surface area contributed by atoms with Crippen LogP contribution in [-0.2, 0) is 0 Å². The Labute approximate surface area is 76.1 Å². The maximum Gasteiger partial charge on any atom is 0.001000 e. The van der Waals surface area contributed by atoms with Crippen LogP contribution in [0.5, 0.6) is 0 Å². The van der Waals surface area contributed by atoms with Crippen LogP contribution < -0.4 is 0 Å². The summed E-state index contributed by atoms with van der Waals surface area (Å²) >= 11 is 0. The van der Waals surface area contributed by atoms with E-state index in [0.717, 1.165) is 17.8 Å². The van der Waals surface area contributed by atoms with E-state index in [4.69, 9.17) is 0 Å². The van der Waals surface area contributed by atoms with Crippen molar-refractivity contribution in [3.63, 3.8) is 0 Å². The number of likely N-dealkylation sites (tertiary alicyclic amines) is 1. The molecule has 2 rings (SSSR count). The van der Waals surface area contributed by atoms with Crippen LogP contribution in [0.25, 0.3) is 0 Å². The van der Waals surface area contributed by atoms with Crippen molar-refractivity contribution in [1.29, 1.82) is 0 Å². The van der Waals surface area contributed by atoms with Crippen LogP contribution in [-0.4, -0.2) is 24.5 Å². The first-order valence-electron chi connectivity index (χ1n) is 5.46. The van der Waals surface area contributed by atoms with E-state index < -0.39 is 0 Å². The third-order valence-corrected chi connectivity index (χ3v) is 3.31. The molecule has 70 valence electrons. The Kier molecular flexibility index (Phi) is 2.40. The van der Waals surface area contributed by atoms with Gasteiger partial charge in [-0.15, -0.1) is 0 Å². The number of fused-ring (bicyclic) bond motifs is 2. The molecule has 1 saturated heterocycles. The van der Waals surface area contributed by atoms with Crippen molar-refractivity contribution in [2.24, 2.45) is 17.8 Å². The first kappa shape index (κ1) is 8.55. The third-order valence-electron chi connectivity index (χ3n) is 3.31.